The number of allylic oxidation sites excluding steroid dienone is 1. The lowest BCUT2D eigenvalue weighted by molar-refractivity contribution is 0.808. The number of halogens is 2. The van der Waals surface area contributed by atoms with Crippen molar-refractivity contribution >= 4 is 29.6 Å². The largest absolute Gasteiger partial charge is 0.262 e. The van der Waals surface area contributed by atoms with E-state index in [4.69, 9.17) is 22.2 Å². The van der Waals surface area contributed by atoms with Crippen LogP contribution in [0.2, 0.25) is 0 Å². The predicted molar refractivity (Wildman–Crippen MR) is 47.5 cm³/mol. The summed E-state index contributed by atoms with van der Waals surface area (Å²) in [5.41, 5.74) is 0. The first-order chi connectivity index (χ1) is 4.18. The van der Waals surface area contributed by atoms with Crippen molar-refractivity contribution in [1.82, 2.24) is 0 Å². The van der Waals surface area contributed by atoms with Gasteiger partial charge in [-0.25, -0.2) is 0 Å². The van der Waals surface area contributed by atoms with Gasteiger partial charge in [0.1, 0.15) is 0 Å². The maximum absolute atomic E-state index is 5.67. The molecule has 0 heterocycles. The molecule has 0 bridgehead atoms. The molecule has 3 heteroatoms. The van der Waals surface area contributed by atoms with Crippen LogP contribution in [-0.2, 0) is 0 Å². The van der Waals surface area contributed by atoms with Crippen LogP contribution < -0.4 is 0 Å². The van der Waals surface area contributed by atoms with Gasteiger partial charge in [0.05, 0.1) is 0 Å². The van der Waals surface area contributed by atoms with Crippen LogP contribution in [-0.4, -0.2) is 7.42 Å². The van der Waals surface area contributed by atoms with E-state index in [1.165, 1.54) is 12.8 Å². The van der Waals surface area contributed by atoms with Crippen molar-refractivity contribution < 1.29 is 0 Å². The molecule has 0 aromatic heterocycles. The summed E-state index contributed by atoms with van der Waals surface area (Å²) in [6, 6.07) is 0. The van der Waals surface area contributed by atoms with Gasteiger partial charge < -0.3 is 0 Å². The number of unbranched alkanes of at least 4 members (excludes halogenated alkanes) is 1. The van der Waals surface area contributed by atoms with Crippen molar-refractivity contribution in [2.45, 2.75) is 26.2 Å². The molecule has 0 rings (SSSR count). The minimum absolute atomic E-state index is 1.01. The molecule has 0 fully saturated rings. The first-order valence-electron chi connectivity index (χ1n) is 3.14. The molecule has 0 radical (unpaired) electrons. The highest BCUT2D eigenvalue weighted by atomic mass is 35.7. The summed E-state index contributed by atoms with van der Waals surface area (Å²) in [5, 5.41) is 1.07. The topological polar surface area (TPSA) is 0 Å². The molecule has 0 aromatic carbocycles. The Morgan fingerprint density at radius 2 is 2.11 bits per heavy atom. The summed E-state index contributed by atoms with van der Waals surface area (Å²) >= 11 is 11.3. The highest BCUT2D eigenvalue weighted by Gasteiger charge is 2.05. The third kappa shape index (κ3) is 5.01. The normalized spacial score (nSPS) is 10.2. The monoisotopic (exact) mass is 182 g/mol. The van der Waals surface area contributed by atoms with Crippen LogP contribution in [0.15, 0.2) is 11.8 Å². The summed E-state index contributed by atoms with van der Waals surface area (Å²) in [4.78, 5) is 0. The van der Waals surface area contributed by atoms with Crippen LogP contribution in [0, 0.1) is 0 Å². The van der Waals surface area contributed by atoms with Crippen molar-refractivity contribution in [1.29, 1.82) is 0 Å². The molecular formula is C6H12Cl2Si. The summed E-state index contributed by atoms with van der Waals surface area (Å²) < 4.78 is 0. The van der Waals surface area contributed by atoms with E-state index in [9.17, 15) is 0 Å². The van der Waals surface area contributed by atoms with E-state index >= 15 is 0 Å². The lowest BCUT2D eigenvalue weighted by Crippen LogP contribution is -1.97. The van der Waals surface area contributed by atoms with Gasteiger partial charge in [-0.05, 0) is 6.42 Å². The molecule has 0 saturated heterocycles. The Labute approximate surface area is 67.9 Å². The maximum Gasteiger partial charge on any atom is 0.262 e. The van der Waals surface area contributed by atoms with E-state index in [1.807, 2.05) is 0 Å². The molecular weight excluding hydrogens is 171 g/mol. The molecule has 0 unspecified atom stereocenters. The SMILES string of the molecule is C=C(CCCC)[SiH](Cl)Cl. The van der Waals surface area contributed by atoms with Crippen molar-refractivity contribution in [2.24, 2.45) is 0 Å². The van der Waals surface area contributed by atoms with Crippen molar-refractivity contribution in [2.75, 3.05) is 0 Å². The first kappa shape index (κ1) is 9.54. The standard InChI is InChI=1S/C6H12Cl2Si/c1-3-4-5-6(2)9(7)8/h9H,2-5H2,1H3. The molecule has 0 aromatic rings. The minimum Gasteiger partial charge on any atom is -0.145 e. The molecule has 0 aliphatic heterocycles. The fourth-order valence-electron chi connectivity index (χ4n) is 0.513. The van der Waals surface area contributed by atoms with Gasteiger partial charge in [-0.15, -0.1) is 28.7 Å². The summed E-state index contributed by atoms with van der Waals surface area (Å²) in [6.45, 7) is 5.93. The maximum atomic E-state index is 5.67. The lowest BCUT2D eigenvalue weighted by Gasteiger charge is -2.01. The van der Waals surface area contributed by atoms with Crippen molar-refractivity contribution in [3.63, 3.8) is 0 Å². The minimum atomic E-state index is -1.55. The third-order valence-corrected chi connectivity index (χ3v) is 3.92. The van der Waals surface area contributed by atoms with E-state index in [1.54, 1.807) is 0 Å². The van der Waals surface area contributed by atoms with Crippen LogP contribution in [0.3, 0.4) is 0 Å². The lowest BCUT2D eigenvalue weighted by atomic mass is 10.2. The number of rotatable bonds is 4. The average Bonchev–Trinajstić information content (AvgIpc) is 1.82. The Morgan fingerprint density at radius 3 is 2.44 bits per heavy atom. The first-order valence-corrected chi connectivity index (χ1v) is 7.21. The molecule has 0 saturated carbocycles. The average molecular weight is 183 g/mol. The third-order valence-electron chi connectivity index (χ3n) is 1.16. The molecule has 9 heavy (non-hydrogen) atoms. The van der Waals surface area contributed by atoms with Crippen LogP contribution in [0.5, 0.6) is 0 Å². The molecule has 0 aliphatic rings. The Kier molecular flexibility index (Phi) is 5.65. The van der Waals surface area contributed by atoms with E-state index in [-0.39, 0.29) is 0 Å². The Bertz CT molecular complexity index is 91.1. The van der Waals surface area contributed by atoms with Gasteiger partial charge in [-0.3, -0.25) is 0 Å². The summed E-state index contributed by atoms with van der Waals surface area (Å²) in [7, 11) is -1.55. The van der Waals surface area contributed by atoms with Gasteiger partial charge in [0.25, 0.3) is 7.42 Å². The Balaban J connectivity index is 3.28. The van der Waals surface area contributed by atoms with E-state index in [2.05, 4.69) is 13.5 Å². The van der Waals surface area contributed by atoms with E-state index in [0.29, 0.717) is 0 Å². The second-order valence-corrected chi connectivity index (χ2v) is 6.77. The Morgan fingerprint density at radius 1 is 1.56 bits per heavy atom. The zero-order valence-corrected chi connectivity index (χ0v) is 8.33. The smallest absolute Gasteiger partial charge is 0.145 e. The van der Waals surface area contributed by atoms with Crippen LogP contribution in [0.4, 0.5) is 0 Å². The molecule has 0 aliphatic carbocycles. The zero-order valence-electron chi connectivity index (χ0n) is 5.66. The highest BCUT2D eigenvalue weighted by Crippen LogP contribution is 2.13. The van der Waals surface area contributed by atoms with Crippen LogP contribution in [0.25, 0.3) is 0 Å². The fourth-order valence-corrected chi connectivity index (χ4v) is 1.59. The fraction of sp³-hybridized carbons (Fsp3) is 0.667. The zero-order chi connectivity index (χ0) is 7.28. The molecule has 0 N–H and O–H groups in total. The molecule has 54 valence electrons. The van der Waals surface area contributed by atoms with Gasteiger partial charge in [0, 0.05) is 0 Å². The summed E-state index contributed by atoms with van der Waals surface area (Å²) in [6.07, 6.45) is 3.37. The highest BCUT2D eigenvalue weighted by molar-refractivity contribution is 7.36. The van der Waals surface area contributed by atoms with Crippen LogP contribution in [0.1, 0.15) is 26.2 Å². The van der Waals surface area contributed by atoms with Gasteiger partial charge in [0.2, 0.25) is 0 Å². The van der Waals surface area contributed by atoms with Crippen LogP contribution >= 0.6 is 22.2 Å². The van der Waals surface area contributed by atoms with Crippen molar-refractivity contribution in [3.8, 4) is 0 Å². The van der Waals surface area contributed by atoms with Gasteiger partial charge in [-0.1, -0.05) is 25.0 Å². The van der Waals surface area contributed by atoms with E-state index in [0.717, 1.165) is 11.6 Å². The number of hydrogen-bond donors (Lipinski definition) is 0. The van der Waals surface area contributed by atoms with E-state index < -0.39 is 7.42 Å². The predicted octanol–water partition coefficient (Wildman–Crippen LogP) is 2.97. The quantitative estimate of drug-likeness (QED) is 0.464. The molecule has 0 amide bonds. The molecule has 0 atom stereocenters. The second-order valence-electron chi connectivity index (χ2n) is 2.06. The molecule has 0 spiro atoms. The number of hydrogen-bond acceptors (Lipinski definition) is 0. The summed E-state index contributed by atoms with van der Waals surface area (Å²) in [5.74, 6) is 0. The molecule has 0 nitrogen and oxygen atoms in total. The Hall–Kier alpha value is 0.537. The van der Waals surface area contributed by atoms with Gasteiger partial charge in [-0.2, -0.15) is 0 Å². The van der Waals surface area contributed by atoms with Crippen molar-refractivity contribution in [3.05, 3.63) is 11.8 Å². The second kappa shape index (κ2) is 5.33. The van der Waals surface area contributed by atoms with Gasteiger partial charge >= 0.3 is 0 Å². The van der Waals surface area contributed by atoms with Gasteiger partial charge in [0.15, 0.2) is 0 Å².